The van der Waals surface area contributed by atoms with E-state index >= 15 is 0 Å². The zero-order valence-corrected chi connectivity index (χ0v) is 18.9. The van der Waals surface area contributed by atoms with Crippen LogP contribution in [0.15, 0.2) is 45.5 Å². The fraction of sp³-hybridized carbons (Fsp3) is 0.136. The molecule has 3 heterocycles. The van der Waals surface area contributed by atoms with Gasteiger partial charge in [0.25, 0.3) is 5.56 Å². The van der Waals surface area contributed by atoms with Crippen LogP contribution < -0.4 is 5.56 Å². The first-order chi connectivity index (χ1) is 14.9. The lowest BCUT2D eigenvalue weighted by Crippen LogP contribution is -2.11. The maximum absolute atomic E-state index is 12.8. The number of thiophene rings is 1. The number of H-pyrrole nitrogens is 1. The minimum absolute atomic E-state index is 0.137. The number of carbonyl (C=O) groups is 1. The lowest BCUT2D eigenvalue weighted by Gasteiger charge is -2.08. The minimum Gasteiger partial charge on any atom is -0.309 e. The summed E-state index contributed by atoms with van der Waals surface area (Å²) in [5.74, 6) is 0.668. The van der Waals surface area contributed by atoms with E-state index < -0.39 is 0 Å². The van der Waals surface area contributed by atoms with E-state index in [1.54, 1.807) is 19.1 Å². The van der Waals surface area contributed by atoms with Gasteiger partial charge in [0.2, 0.25) is 0 Å². The fourth-order valence-corrected chi connectivity index (χ4v) is 5.27. The topological polar surface area (TPSA) is 99.5 Å². The van der Waals surface area contributed by atoms with Crippen LogP contribution in [0.25, 0.3) is 21.3 Å². The van der Waals surface area contributed by atoms with Crippen molar-refractivity contribution in [2.24, 2.45) is 0 Å². The van der Waals surface area contributed by atoms with E-state index in [1.807, 2.05) is 23.6 Å². The first kappa shape index (κ1) is 21.2. The first-order valence-corrected chi connectivity index (χ1v) is 11.4. The Bertz CT molecular complexity index is 1440. The van der Waals surface area contributed by atoms with Crippen molar-refractivity contribution in [3.63, 3.8) is 0 Å². The third kappa shape index (κ3) is 4.12. The quantitative estimate of drug-likeness (QED) is 0.313. The second-order valence-electron chi connectivity index (χ2n) is 6.75. The van der Waals surface area contributed by atoms with E-state index in [4.69, 9.17) is 11.6 Å². The van der Waals surface area contributed by atoms with Crippen LogP contribution in [0.2, 0.25) is 5.02 Å². The molecule has 4 rings (SSSR count). The summed E-state index contributed by atoms with van der Waals surface area (Å²) in [4.78, 5) is 37.0. The smallest absolute Gasteiger partial charge is 0.260 e. The number of nitrogens with zero attached hydrogens (tertiary/aromatic N) is 3. The van der Waals surface area contributed by atoms with Crippen LogP contribution in [0.4, 0.5) is 0 Å². The number of hydrogen-bond donors (Lipinski definition) is 1. The number of ketones is 1. The van der Waals surface area contributed by atoms with Crippen LogP contribution in [0.3, 0.4) is 0 Å². The molecule has 4 aromatic rings. The van der Waals surface area contributed by atoms with Crippen molar-refractivity contribution in [3.8, 4) is 17.2 Å². The number of thioether (sulfide) groups is 1. The molecule has 0 atom stereocenters. The monoisotopic (exact) mass is 466 g/mol. The number of aromatic nitrogens is 3. The van der Waals surface area contributed by atoms with Gasteiger partial charge in [-0.3, -0.25) is 9.59 Å². The summed E-state index contributed by atoms with van der Waals surface area (Å²) in [5, 5.41) is 12.9. The molecule has 31 heavy (non-hydrogen) atoms. The minimum atomic E-state index is -0.242. The molecule has 0 aliphatic carbocycles. The number of rotatable bonds is 5. The molecule has 0 unspecified atom stereocenters. The fourth-order valence-electron chi connectivity index (χ4n) is 3.21. The lowest BCUT2D eigenvalue weighted by atomic mass is 10.1. The first-order valence-electron chi connectivity index (χ1n) is 9.19. The number of pyridine rings is 1. The van der Waals surface area contributed by atoms with Gasteiger partial charge in [0, 0.05) is 32.8 Å². The van der Waals surface area contributed by atoms with Gasteiger partial charge >= 0.3 is 0 Å². The second-order valence-corrected chi connectivity index (χ2v) is 8.98. The van der Waals surface area contributed by atoms with Crippen LogP contribution >= 0.6 is 34.7 Å². The Morgan fingerprint density at radius 1 is 1.29 bits per heavy atom. The van der Waals surface area contributed by atoms with E-state index in [9.17, 15) is 14.9 Å². The van der Waals surface area contributed by atoms with Gasteiger partial charge in [0.15, 0.2) is 5.78 Å². The predicted molar refractivity (Wildman–Crippen MR) is 124 cm³/mol. The number of carbonyl (C=O) groups excluding carboxylic acids is 1. The van der Waals surface area contributed by atoms with Gasteiger partial charge in [0.1, 0.15) is 21.7 Å². The van der Waals surface area contributed by atoms with Gasteiger partial charge in [-0.1, -0.05) is 41.6 Å². The van der Waals surface area contributed by atoms with Gasteiger partial charge in [-0.25, -0.2) is 9.97 Å². The molecule has 0 aliphatic rings. The summed E-state index contributed by atoms with van der Waals surface area (Å²) in [5.41, 5.74) is 2.61. The molecule has 0 fully saturated rings. The number of halogens is 1. The molecule has 0 aliphatic heterocycles. The maximum atomic E-state index is 12.8. The summed E-state index contributed by atoms with van der Waals surface area (Å²) in [6.07, 6.45) is 0. The van der Waals surface area contributed by atoms with Gasteiger partial charge in [0.05, 0.1) is 16.7 Å². The Balaban J connectivity index is 1.66. The molecule has 0 radical (unpaired) electrons. The number of aromatic amines is 1. The highest BCUT2D eigenvalue weighted by Gasteiger charge is 2.16. The average Bonchev–Trinajstić information content (AvgIpc) is 3.16. The van der Waals surface area contributed by atoms with E-state index in [0.717, 1.165) is 11.1 Å². The molecular weight excluding hydrogens is 452 g/mol. The number of aryl methyl sites for hydroxylation is 1. The molecule has 0 saturated carbocycles. The highest BCUT2D eigenvalue weighted by Crippen LogP contribution is 2.35. The number of Topliss-reactive ketones (excluding diaryl/α,β-unsaturated/α-hetero) is 1. The summed E-state index contributed by atoms with van der Waals surface area (Å²) >= 11 is 8.97. The van der Waals surface area contributed by atoms with Crippen molar-refractivity contribution < 1.29 is 4.79 Å². The molecule has 0 amide bonds. The number of nitrogens with one attached hydrogen (secondary N) is 1. The number of hydrogen-bond acceptors (Lipinski definition) is 7. The number of benzene rings is 1. The van der Waals surface area contributed by atoms with Crippen molar-refractivity contribution in [1.29, 1.82) is 5.26 Å². The Hall–Kier alpha value is -2.99. The van der Waals surface area contributed by atoms with Crippen LogP contribution in [-0.2, 0) is 5.75 Å². The molecular formula is C22H15ClN4O2S2. The van der Waals surface area contributed by atoms with Crippen molar-refractivity contribution in [2.75, 3.05) is 0 Å². The van der Waals surface area contributed by atoms with E-state index in [0.29, 0.717) is 48.7 Å². The molecule has 3 aromatic heterocycles. The molecule has 9 heteroatoms. The third-order valence-corrected chi connectivity index (χ3v) is 6.88. The summed E-state index contributed by atoms with van der Waals surface area (Å²) < 4.78 is 0. The van der Waals surface area contributed by atoms with Crippen LogP contribution in [0, 0.1) is 18.3 Å². The Kier molecular flexibility index (Phi) is 5.92. The Morgan fingerprint density at radius 2 is 2.06 bits per heavy atom. The Morgan fingerprint density at radius 3 is 2.77 bits per heavy atom. The number of nitriles is 1. The van der Waals surface area contributed by atoms with Crippen molar-refractivity contribution in [1.82, 2.24) is 15.0 Å². The molecule has 0 spiro atoms. The van der Waals surface area contributed by atoms with Crippen LogP contribution in [0.1, 0.15) is 34.4 Å². The van der Waals surface area contributed by atoms with Gasteiger partial charge in [-0.15, -0.1) is 11.3 Å². The van der Waals surface area contributed by atoms with Gasteiger partial charge in [-0.05, 0) is 26.0 Å². The van der Waals surface area contributed by atoms with Gasteiger partial charge in [-0.2, -0.15) is 5.26 Å². The van der Waals surface area contributed by atoms with Crippen molar-refractivity contribution >= 4 is 50.7 Å². The largest absolute Gasteiger partial charge is 0.309 e. The zero-order valence-electron chi connectivity index (χ0n) is 16.5. The Labute approximate surface area is 190 Å². The summed E-state index contributed by atoms with van der Waals surface area (Å²) in [7, 11) is 0. The van der Waals surface area contributed by atoms with Crippen molar-refractivity contribution in [2.45, 2.75) is 24.6 Å². The molecule has 0 bridgehead atoms. The standard InChI is InChI=1S/C22H15ClN4O2S2/c1-11-15(12(2)28)7-13(8-24)21(25-11)31-10-18-26-20(29)19-16(9-30-22(19)27-18)14-5-3-4-6-17(14)23/h3-7,9H,10H2,1-2H3,(H,26,27,29). The SMILES string of the molecule is CC(=O)c1cc(C#N)c(SCc2nc3scc(-c4ccccc4Cl)c3c(=O)[nH]2)nc1C. The summed E-state index contributed by atoms with van der Waals surface area (Å²) in [6, 6.07) is 11.0. The third-order valence-electron chi connectivity index (χ3n) is 4.68. The van der Waals surface area contributed by atoms with E-state index in [-0.39, 0.29) is 11.3 Å². The van der Waals surface area contributed by atoms with Gasteiger partial charge < -0.3 is 4.98 Å². The normalized spacial score (nSPS) is 10.9. The highest BCUT2D eigenvalue weighted by atomic mass is 35.5. The molecule has 1 N–H and O–H groups in total. The molecule has 0 saturated heterocycles. The highest BCUT2D eigenvalue weighted by molar-refractivity contribution is 7.98. The number of fused-ring (bicyclic) bond motifs is 1. The van der Waals surface area contributed by atoms with E-state index in [1.165, 1.54) is 30.0 Å². The molecule has 6 nitrogen and oxygen atoms in total. The average molecular weight is 467 g/mol. The maximum Gasteiger partial charge on any atom is 0.260 e. The van der Waals surface area contributed by atoms with E-state index in [2.05, 4.69) is 21.0 Å². The van der Waals surface area contributed by atoms with Crippen LogP contribution in [-0.4, -0.2) is 20.7 Å². The van der Waals surface area contributed by atoms with Crippen LogP contribution in [0.5, 0.6) is 0 Å². The molecule has 154 valence electrons. The zero-order chi connectivity index (χ0) is 22.1. The second kappa shape index (κ2) is 8.63. The van der Waals surface area contributed by atoms with Crippen molar-refractivity contribution in [3.05, 3.63) is 73.7 Å². The predicted octanol–water partition coefficient (Wildman–Crippen LogP) is 5.38. The lowest BCUT2D eigenvalue weighted by molar-refractivity contribution is 0.101. The summed E-state index contributed by atoms with van der Waals surface area (Å²) in [6.45, 7) is 3.18. The molecule has 1 aromatic carbocycles.